The van der Waals surface area contributed by atoms with Gasteiger partial charge in [0, 0.05) is 25.4 Å². The van der Waals surface area contributed by atoms with Crippen LogP contribution in [0.3, 0.4) is 0 Å². The zero-order valence-electron chi connectivity index (χ0n) is 11.4. The van der Waals surface area contributed by atoms with Crippen LogP contribution in [0.5, 0.6) is 0 Å². The van der Waals surface area contributed by atoms with Crippen LogP contribution in [-0.4, -0.2) is 31.7 Å². The number of amides is 1. The fourth-order valence-corrected chi connectivity index (χ4v) is 2.94. The van der Waals surface area contributed by atoms with Gasteiger partial charge >= 0.3 is 0 Å². The molecule has 20 heavy (non-hydrogen) atoms. The third kappa shape index (κ3) is 2.91. The maximum absolute atomic E-state index is 12.1. The number of halogens is 1. The maximum Gasteiger partial charge on any atom is 0.253 e. The zero-order valence-corrected chi connectivity index (χ0v) is 12.2. The molecule has 2 heterocycles. The Balaban J connectivity index is 1.74. The molecule has 0 aromatic heterocycles. The lowest BCUT2D eigenvalue weighted by atomic mass is 10.2. The highest BCUT2D eigenvalue weighted by Gasteiger charge is 2.24. The molecule has 1 aromatic rings. The average Bonchev–Trinajstić information content (AvgIpc) is 3.14. The second-order valence-electron chi connectivity index (χ2n) is 5.35. The van der Waals surface area contributed by atoms with Gasteiger partial charge in [0.2, 0.25) is 0 Å². The van der Waals surface area contributed by atoms with E-state index in [1.54, 1.807) is 0 Å². The van der Waals surface area contributed by atoms with E-state index in [1.165, 1.54) is 12.8 Å². The summed E-state index contributed by atoms with van der Waals surface area (Å²) < 4.78 is 5.39. The molecule has 0 bridgehead atoms. The number of rotatable bonds is 3. The minimum Gasteiger partial charge on any atom is -0.371 e. The molecule has 108 valence electrons. The summed E-state index contributed by atoms with van der Waals surface area (Å²) in [6.45, 7) is 2.81. The van der Waals surface area contributed by atoms with Crippen molar-refractivity contribution in [2.45, 2.75) is 31.8 Å². The molecule has 0 spiro atoms. The van der Waals surface area contributed by atoms with Crippen molar-refractivity contribution < 1.29 is 9.53 Å². The van der Waals surface area contributed by atoms with Gasteiger partial charge in [-0.2, -0.15) is 0 Å². The van der Waals surface area contributed by atoms with Gasteiger partial charge < -0.3 is 15.0 Å². The highest BCUT2D eigenvalue weighted by atomic mass is 35.5. The summed E-state index contributed by atoms with van der Waals surface area (Å²) in [5.41, 5.74) is 1.80. The lowest BCUT2D eigenvalue weighted by Gasteiger charge is -2.19. The molecule has 1 aromatic carbocycles. The summed E-state index contributed by atoms with van der Waals surface area (Å²) >= 11 is 6.18. The van der Waals surface area contributed by atoms with E-state index in [1.807, 2.05) is 18.2 Å². The number of carbonyl (C=O) groups excluding carboxylic acids is 1. The van der Waals surface area contributed by atoms with E-state index < -0.39 is 0 Å². The number of hydrogen-bond acceptors (Lipinski definition) is 3. The highest BCUT2D eigenvalue weighted by Crippen LogP contribution is 2.30. The van der Waals surface area contributed by atoms with Crippen molar-refractivity contribution in [2.75, 3.05) is 29.9 Å². The topological polar surface area (TPSA) is 41.6 Å². The molecule has 2 aliphatic rings. The monoisotopic (exact) mass is 294 g/mol. The fourth-order valence-electron chi connectivity index (χ4n) is 2.78. The van der Waals surface area contributed by atoms with Gasteiger partial charge in [0.1, 0.15) is 6.10 Å². The molecule has 1 amide bonds. The molecule has 0 aliphatic carbocycles. The molecule has 2 aliphatic heterocycles. The maximum atomic E-state index is 12.1. The van der Waals surface area contributed by atoms with E-state index >= 15 is 0 Å². The normalized spacial score (nSPS) is 22.2. The minimum absolute atomic E-state index is 0.0945. The molecular formula is C15H19ClN2O2. The molecule has 1 atom stereocenters. The summed E-state index contributed by atoms with van der Waals surface area (Å²) in [6.07, 6.45) is 3.84. The van der Waals surface area contributed by atoms with Gasteiger partial charge in [-0.25, -0.2) is 0 Å². The van der Waals surface area contributed by atoms with E-state index in [9.17, 15) is 4.79 Å². The Bertz CT molecular complexity index is 495. The Morgan fingerprint density at radius 3 is 2.80 bits per heavy atom. The first kappa shape index (κ1) is 13.7. The second-order valence-corrected chi connectivity index (χ2v) is 5.76. The Hall–Kier alpha value is -1.26. The average molecular weight is 295 g/mol. The third-order valence-corrected chi connectivity index (χ3v) is 4.23. The SMILES string of the molecule is O=C(Nc1cc(N2CCCC2)ccc1Cl)C1CCCO1. The predicted molar refractivity (Wildman–Crippen MR) is 80.5 cm³/mol. The van der Waals surface area contributed by atoms with Crippen LogP contribution in [0.1, 0.15) is 25.7 Å². The van der Waals surface area contributed by atoms with Gasteiger partial charge in [-0.15, -0.1) is 0 Å². The van der Waals surface area contributed by atoms with Crippen LogP contribution >= 0.6 is 11.6 Å². The van der Waals surface area contributed by atoms with Crippen molar-refractivity contribution in [3.63, 3.8) is 0 Å². The van der Waals surface area contributed by atoms with Crippen molar-refractivity contribution >= 4 is 28.9 Å². The second kappa shape index (κ2) is 6.02. The lowest BCUT2D eigenvalue weighted by Crippen LogP contribution is -2.27. The fraction of sp³-hybridized carbons (Fsp3) is 0.533. The van der Waals surface area contributed by atoms with Crippen molar-refractivity contribution in [3.8, 4) is 0 Å². The van der Waals surface area contributed by atoms with Crippen molar-refractivity contribution in [1.29, 1.82) is 0 Å². The van der Waals surface area contributed by atoms with Crippen LogP contribution in [-0.2, 0) is 9.53 Å². The number of benzene rings is 1. The van der Waals surface area contributed by atoms with Gasteiger partial charge in [-0.05, 0) is 43.9 Å². The molecule has 0 radical (unpaired) electrons. The van der Waals surface area contributed by atoms with Crippen LogP contribution in [0.15, 0.2) is 18.2 Å². The Kier molecular flexibility index (Phi) is 4.13. The van der Waals surface area contributed by atoms with Crippen molar-refractivity contribution in [1.82, 2.24) is 0 Å². The molecule has 1 N–H and O–H groups in total. The number of anilines is 2. The number of hydrogen-bond donors (Lipinski definition) is 1. The Morgan fingerprint density at radius 1 is 1.30 bits per heavy atom. The summed E-state index contributed by atoms with van der Waals surface area (Å²) in [7, 11) is 0. The van der Waals surface area contributed by atoms with Gasteiger partial charge in [0.05, 0.1) is 10.7 Å². The van der Waals surface area contributed by atoms with Gasteiger partial charge in [0.15, 0.2) is 0 Å². The Labute approximate surface area is 124 Å². The summed E-state index contributed by atoms with van der Waals surface area (Å²) in [6, 6.07) is 5.82. The number of nitrogens with zero attached hydrogens (tertiary/aromatic N) is 1. The van der Waals surface area contributed by atoms with Gasteiger partial charge in [-0.3, -0.25) is 4.79 Å². The molecule has 1 unspecified atom stereocenters. The summed E-state index contributed by atoms with van der Waals surface area (Å²) in [5, 5.41) is 3.46. The lowest BCUT2D eigenvalue weighted by molar-refractivity contribution is -0.124. The standard InChI is InChI=1S/C15H19ClN2O2/c16-12-6-5-11(18-7-1-2-8-18)10-13(12)17-15(19)14-4-3-9-20-14/h5-6,10,14H,1-4,7-9H2,(H,17,19). The van der Waals surface area contributed by atoms with Crippen LogP contribution in [0.25, 0.3) is 0 Å². The molecule has 4 nitrogen and oxygen atoms in total. The van der Waals surface area contributed by atoms with E-state index in [0.29, 0.717) is 17.3 Å². The molecule has 3 rings (SSSR count). The van der Waals surface area contributed by atoms with E-state index in [2.05, 4.69) is 10.2 Å². The minimum atomic E-state index is -0.332. The summed E-state index contributed by atoms with van der Waals surface area (Å²) in [5.74, 6) is -0.0945. The Morgan fingerprint density at radius 2 is 2.10 bits per heavy atom. The number of nitrogens with one attached hydrogen (secondary N) is 1. The number of ether oxygens (including phenoxy) is 1. The smallest absolute Gasteiger partial charge is 0.253 e. The molecular weight excluding hydrogens is 276 g/mol. The van der Waals surface area contributed by atoms with Crippen LogP contribution in [0.2, 0.25) is 5.02 Å². The van der Waals surface area contributed by atoms with E-state index in [0.717, 1.165) is 31.6 Å². The first-order chi connectivity index (χ1) is 9.74. The highest BCUT2D eigenvalue weighted by molar-refractivity contribution is 6.33. The quantitative estimate of drug-likeness (QED) is 0.931. The molecule has 5 heteroatoms. The third-order valence-electron chi connectivity index (χ3n) is 3.90. The van der Waals surface area contributed by atoms with E-state index in [-0.39, 0.29) is 12.0 Å². The van der Waals surface area contributed by atoms with Crippen molar-refractivity contribution in [3.05, 3.63) is 23.2 Å². The van der Waals surface area contributed by atoms with E-state index in [4.69, 9.17) is 16.3 Å². The number of carbonyl (C=O) groups is 1. The summed E-state index contributed by atoms with van der Waals surface area (Å²) in [4.78, 5) is 14.4. The molecule has 0 saturated carbocycles. The molecule has 2 saturated heterocycles. The predicted octanol–water partition coefficient (Wildman–Crippen LogP) is 3.06. The zero-order chi connectivity index (χ0) is 13.9. The first-order valence-electron chi connectivity index (χ1n) is 7.21. The van der Waals surface area contributed by atoms with Gasteiger partial charge in [-0.1, -0.05) is 11.6 Å². The molecule has 2 fully saturated rings. The van der Waals surface area contributed by atoms with Gasteiger partial charge in [0.25, 0.3) is 5.91 Å². The van der Waals surface area contributed by atoms with Crippen LogP contribution in [0.4, 0.5) is 11.4 Å². The van der Waals surface area contributed by atoms with Crippen molar-refractivity contribution in [2.24, 2.45) is 0 Å². The van der Waals surface area contributed by atoms with Crippen LogP contribution < -0.4 is 10.2 Å². The van der Waals surface area contributed by atoms with Crippen LogP contribution in [0, 0.1) is 0 Å². The first-order valence-corrected chi connectivity index (χ1v) is 7.59. The largest absolute Gasteiger partial charge is 0.371 e.